The smallest absolute Gasteiger partial charge is 0.262 e. The van der Waals surface area contributed by atoms with E-state index in [9.17, 15) is 4.79 Å². The molecule has 0 unspecified atom stereocenters. The Hall–Kier alpha value is -3.31. The molecular weight excluding hydrogens is 412 g/mol. The van der Waals surface area contributed by atoms with Crippen molar-refractivity contribution < 1.29 is 14.3 Å². The number of methoxy groups -OCH3 is 1. The van der Waals surface area contributed by atoms with E-state index in [2.05, 4.69) is 16.4 Å². The van der Waals surface area contributed by atoms with Crippen LogP contribution in [0.5, 0.6) is 11.5 Å². The molecule has 0 aliphatic carbocycles. The van der Waals surface area contributed by atoms with Crippen molar-refractivity contribution in [3.8, 4) is 11.5 Å². The summed E-state index contributed by atoms with van der Waals surface area (Å²) < 4.78 is 11.1. The highest BCUT2D eigenvalue weighted by molar-refractivity contribution is 6.32. The van der Waals surface area contributed by atoms with E-state index in [1.807, 2.05) is 57.2 Å². The quantitative estimate of drug-likeness (QED) is 0.459. The Kier molecular flexibility index (Phi) is 7.32. The first-order valence-corrected chi connectivity index (χ1v) is 10.2. The summed E-state index contributed by atoms with van der Waals surface area (Å²) >= 11 is 6.42. The fraction of sp³-hybridized carbons (Fsp3) is 0.200. The molecule has 0 aromatic heterocycles. The van der Waals surface area contributed by atoms with Crippen LogP contribution in [0.4, 0.5) is 11.4 Å². The number of rotatable bonds is 7. The summed E-state index contributed by atoms with van der Waals surface area (Å²) in [5.74, 6) is 0.454. The van der Waals surface area contributed by atoms with Crippen molar-refractivity contribution >= 4 is 35.1 Å². The summed E-state index contributed by atoms with van der Waals surface area (Å²) in [6.07, 6.45) is 1.73. The van der Waals surface area contributed by atoms with E-state index in [0.717, 1.165) is 27.9 Å². The number of carbonyl (C=O) groups is 1. The number of aliphatic imine (C=N–C) groups is 1. The average molecular weight is 437 g/mol. The fourth-order valence-corrected chi connectivity index (χ4v) is 3.29. The van der Waals surface area contributed by atoms with Crippen molar-refractivity contribution in [2.75, 3.05) is 19.0 Å². The van der Waals surface area contributed by atoms with Gasteiger partial charge in [-0.3, -0.25) is 9.79 Å². The zero-order valence-corrected chi connectivity index (χ0v) is 18.8. The molecule has 3 aromatic rings. The van der Waals surface area contributed by atoms with E-state index < -0.39 is 0 Å². The first-order chi connectivity index (χ1) is 14.9. The lowest BCUT2D eigenvalue weighted by atomic mass is 10.1. The third kappa shape index (κ3) is 6.09. The predicted octanol–water partition coefficient (Wildman–Crippen LogP) is 6.04. The lowest BCUT2D eigenvalue weighted by molar-refractivity contribution is -0.118. The van der Waals surface area contributed by atoms with Gasteiger partial charge in [0.15, 0.2) is 18.1 Å². The first kappa shape index (κ1) is 22.4. The number of carbonyl (C=O) groups excluding carboxylic acids is 1. The van der Waals surface area contributed by atoms with Crippen molar-refractivity contribution in [1.82, 2.24) is 0 Å². The number of benzene rings is 3. The average Bonchev–Trinajstić information content (AvgIpc) is 2.73. The molecule has 0 saturated carbocycles. The van der Waals surface area contributed by atoms with Crippen molar-refractivity contribution in [3.05, 3.63) is 81.9 Å². The number of anilines is 1. The van der Waals surface area contributed by atoms with Crippen molar-refractivity contribution in [3.63, 3.8) is 0 Å². The molecule has 3 rings (SSSR count). The molecule has 0 atom stereocenters. The van der Waals surface area contributed by atoms with Gasteiger partial charge in [0, 0.05) is 11.9 Å². The Morgan fingerprint density at radius 1 is 1.06 bits per heavy atom. The molecule has 0 spiro atoms. The molecule has 3 aromatic carbocycles. The Bertz CT molecular complexity index is 1130. The highest BCUT2D eigenvalue weighted by atomic mass is 35.5. The van der Waals surface area contributed by atoms with Gasteiger partial charge in [-0.05, 0) is 73.4 Å². The molecule has 0 bridgehead atoms. The Morgan fingerprint density at radius 3 is 2.58 bits per heavy atom. The van der Waals surface area contributed by atoms with Gasteiger partial charge in [-0.2, -0.15) is 0 Å². The summed E-state index contributed by atoms with van der Waals surface area (Å²) in [6.45, 7) is 5.81. The van der Waals surface area contributed by atoms with Crippen LogP contribution in [0.15, 0.2) is 59.6 Å². The molecule has 5 nitrogen and oxygen atoms in total. The molecule has 31 heavy (non-hydrogen) atoms. The van der Waals surface area contributed by atoms with E-state index in [1.54, 1.807) is 18.3 Å². The number of aryl methyl sites for hydroxylation is 3. The second-order valence-electron chi connectivity index (χ2n) is 7.29. The van der Waals surface area contributed by atoms with Crippen LogP contribution < -0.4 is 14.8 Å². The highest BCUT2D eigenvalue weighted by Crippen LogP contribution is 2.36. The second-order valence-corrected chi connectivity index (χ2v) is 7.70. The van der Waals surface area contributed by atoms with E-state index >= 15 is 0 Å². The minimum absolute atomic E-state index is 0.194. The van der Waals surface area contributed by atoms with Crippen LogP contribution in [0.3, 0.4) is 0 Å². The van der Waals surface area contributed by atoms with Crippen LogP contribution in [0.2, 0.25) is 5.02 Å². The number of amides is 1. The zero-order valence-electron chi connectivity index (χ0n) is 18.0. The Labute approximate surface area is 187 Å². The lowest BCUT2D eigenvalue weighted by Gasteiger charge is -2.13. The van der Waals surface area contributed by atoms with Gasteiger partial charge in [-0.25, -0.2) is 0 Å². The SMILES string of the molecule is COc1cc(C=Nc2cc(C)ccc2C)cc(Cl)c1OCC(=O)Nc1cccc(C)c1. The van der Waals surface area contributed by atoms with Crippen LogP contribution in [0.1, 0.15) is 22.3 Å². The van der Waals surface area contributed by atoms with Crippen molar-refractivity contribution in [1.29, 1.82) is 0 Å². The summed E-state index contributed by atoms with van der Waals surface area (Å²) in [5.41, 5.74) is 5.65. The molecule has 0 saturated heterocycles. The molecule has 0 radical (unpaired) electrons. The van der Waals surface area contributed by atoms with Gasteiger partial charge in [-0.15, -0.1) is 0 Å². The molecule has 1 N–H and O–H groups in total. The zero-order chi connectivity index (χ0) is 22.4. The summed E-state index contributed by atoms with van der Waals surface area (Å²) in [7, 11) is 1.52. The van der Waals surface area contributed by atoms with Crippen LogP contribution in [0.25, 0.3) is 0 Å². The van der Waals surface area contributed by atoms with Crippen LogP contribution in [0, 0.1) is 20.8 Å². The topological polar surface area (TPSA) is 59.9 Å². The number of nitrogens with one attached hydrogen (secondary N) is 1. The fourth-order valence-electron chi connectivity index (χ4n) is 3.01. The second kappa shape index (κ2) is 10.1. The van der Waals surface area contributed by atoms with Crippen LogP contribution >= 0.6 is 11.6 Å². The normalized spacial score (nSPS) is 10.9. The number of hydrogen-bond acceptors (Lipinski definition) is 4. The summed E-state index contributed by atoms with van der Waals surface area (Å²) in [4.78, 5) is 16.8. The maximum absolute atomic E-state index is 12.3. The van der Waals surface area contributed by atoms with Crippen LogP contribution in [-0.2, 0) is 4.79 Å². The minimum Gasteiger partial charge on any atom is -0.493 e. The Balaban J connectivity index is 1.72. The van der Waals surface area contributed by atoms with Crippen molar-refractivity contribution in [2.45, 2.75) is 20.8 Å². The molecule has 1 amide bonds. The van der Waals surface area contributed by atoms with Crippen molar-refractivity contribution in [2.24, 2.45) is 4.99 Å². The molecule has 6 heteroatoms. The van der Waals surface area contributed by atoms with Gasteiger partial charge >= 0.3 is 0 Å². The monoisotopic (exact) mass is 436 g/mol. The minimum atomic E-state index is -0.288. The largest absolute Gasteiger partial charge is 0.493 e. The summed E-state index contributed by atoms with van der Waals surface area (Å²) in [5, 5.41) is 3.14. The van der Waals surface area contributed by atoms with Gasteiger partial charge in [0.2, 0.25) is 0 Å². The van der Waals surface area contributed by atoms with Gasteiger partial charge in [0.05, 0.1) is 17.8 Å². The number of hydrogen-bond donors (Lipinski definition) is 1. The molecule has 0 aliphatic heterocycles. The third-order valence-corrected chi connectivity index (χ3v) is 4.90. The maximum Gasteiger partial charge on any atom is 0.262 e. The molecular formula is C25H25ClN2O3. The van der Waals surface area contributed by atoms with Gasteiger partial charge < -0.3 is 14.8 Å². The number of ether oxygens (including phenoxy) is 2. The van der Waals surface area contributed by atoms with E-state index in [4.69, 9.17) is 21.1 Å². The third-order valence-electron chi connectivity index (χ3n) is 4.62. The summed E-state index contributed by atoms with van der Waals surface area (Å²) in [6, 6.07) is 17.2. The molecule has 0 fully saturated rings. The van der Waals surface area contributed by atoms with Crippen LogP contribution in [-0.4, -0.2) is 25.8 Å². The van der Waals surface area contributed by atoms with E-state index in [0.29, 0.717) is 22.2 Å². The van der Waals surface area contributed by atoms with Gasteiger partial charge in [0.1, 0.15) is 0 Å². The standard InChI is InChI=1S/C25H25ClN2O3/c1-16-6-5-7-20(10-16)28-24(29)15-31-25-21(26)12-19(13-23(25)30-4)14-27-22-11-17(2)8-9-18(22)3/h5-14H,15H2,1-4H3,(H,28,29). The predicted molar refractivity (Wildman–Crippen MR) is 126 cm³/mol. The van der Waals surface area contributed by atoms with E-state index in [1.165, 1.54) is 7.11 Å². The first-order valence-electron chi connectivity index (χ1n) is 9.84. The molecule has 0 heterocycles. The van der Waals surface area contributed by atoms with Gasteiger partial charge in [-0.1, -0.05) is 35.9 Å². The highest BCUT2D eigenvalue weighted by Gasteiger charge is 2.14. The van der Waals surface area contributed by atoms with E-state index in [-0.39, 0.29) is 12.5 Å². The Morgan fingerprint density at radius 2 is 1.84 bits per heavy atom. The van der Waals surface area contributed by atoms with Gasteiger partial charge in [0.25, 0.3) is 5.91 Å². The number of nitrogens with zero attached hydrogens (tertiary/aromatic N) is 1. The lowest BCUT2D eigenvalue weighted by Crippen LogP contribution is -2.20. The maximum atomic E-state index is 12.3. The number of halogens is 1. The molecule has 160 valence electrons. The molecule has 0 aliphatic rings.